The van der Waals surface area contributed by atoms with Gasteiger partial charge in [0.1, 0.15) is 12.9 Å². The normalized spacial score (nSPS) is 19.2. The summed E-state index contributed by atoms with van der Waals surface area (Å²) < 4.78 is 62.0. The van der Waals surface area contributed by atoms with Crippen molar-refractivity contribution < 1.29 is 36.0 Å². The van der Waals surface area contributed by atoms with E-state index in [2.05, 4.69) is 37.9 Å². The predicted molar refractivity (Wildman–Crippen MR) is 213 cm³/mol. The fourth-order valence-corrected chi connectivity index (χ4v) is 11.2. The zero-order valence-corrected chi connectivity index (χ0v) is 33.4. The highest BCUT2D eigenvalue weighted by molar-refractivity contribution is 8.04. The summed E-state index contributed by atoms with van der Waals surface area (Å²) in [5.41, 5.74) is 5.75. The Bertz CT molecular complexity index is 2430. The maximum absolute atomic E-state index is 13.6. The predicted octanol–water partition coefficient (Wildman–Crippen LogP) is 7.30. The van der Waals surface area contributed by atoms with Crippen molar-refractivity contribution >= 4 is 102 Å². The van der Waals surface area contributed by atoms with Crippen molar-refractivity contribution in [3.8, 4) is 0 Å². The second kappa shape index (κ2) is 14.2. The van der Waals surface area contributed by atoms with Crippen LogP contribution in [0, 0.1) is 0 Å². The summed E-state index contributed by atoms with van der Waals surface area (Å²) in [6.45, 7) is 8.06. The molecule has 1 aliphatic carbocycles. The molecule has 2 aliphatic heterocycles. The van der Waals surface area contributed by atoms with Crippen LogP contribution in [0.3, 0.4) is 0 Å². The molecule has 0 amide bonds. The third-order valence-corrected chi connectivity index (χ3v) is 14.3. The highest BCUT2D eigenvalue weighted by atomic mass is 32.3. The van der Waals surface area contributed by atoms with Crippen LogP contribution in [0.15, 0.2) is 115 Å². The molecule has 6 rings (SSSR count). The number of rotatable bonds is 11. The Morgan fingerprint density at radius 1 is 1.02 bits per heavy atom. The van der Waals surface area contributed by atoms with E-state index >= 15 is 0 Å². The minimum Gasteiger partial charge on any atom is -0.328 e. The molecule has 3 aromatic carbocycles. The zero-order chi connectivity index (χ0) is 37.8. The maximum Gasteiger partial charge on any atom is 0.253 e. The van der Waals surface area contributed by atoms with E-state index in [1.165, 1.54) is 24.3 Å². The summed E-state index contributed by atoms with van der Waals surface area (Å²) in [7, 11) is -6.91. The van der Waals surface area contributed by atoms with E-state index < -0.39 is 36.8 Å². The lowest BCUT2D eigenvalue weighted by Crippen LogP contribution is -2.40. The molecule has 0 fully saturated rings. The second-order valence-electron chi connectivity index (χ2n) is 13.3. The van der Waals surface area contributed by atoms with Crippen molar-refractivity contribution in [2.75, 3.05) is 17.8 Å². The van der Waals surface area contributed by atoms with Gasteiger partial charge in [-0.3, -0.25) is 0 Å². The smallest absolute Gasteiger partial charge is 0.253 e. The number of nitrogens with one attached hydrogen (secondary N) is 1. The standard InChI is InChI=1S/C35H32N4O7S6/c1-34(2)26-15-21(36-19-47)11-13-28(26)38(5)30(34)17-24-32(48)25(33(24)49)18-31-35(3,4)27-16-22(50-46-45-40)12-14-29(27)39(31)20-51(41,42)37-52(43,44)23-9-7-6-8-10-23/h6-18,37H,20H2,1-5H3,(H-,40,48)/p+1. The zero-order valence-electron chi connectivity index (χ0n) is 28.4. The summed E-state index contributed by atoms with van der Waals surface area (Å²) >= 11 is 16.4. The number of benzene rings is 3. The first kappa shape index (κ1) is 38.4. The molecule has 0 unspecified atom stereocenters. The van der Waals surface area contributed by atoms with Gasteiger partial charge in [-0.2, -0.15) is 9.57 Å². The Morgan fingerprint density at radius 2 is 1.73 bits per heavy atom. The number of sulfonamides is 2. The highest BCUT2D eigenvalue weighted by Crippen LogP contribution is 2.51. The molecular formula is C35H33N4O7S6+. The number of thiol groups is 1. The second-order valence-corrected chi connectivity index (χ2v) is 18.7. The third kappa shape index (κ3) is 6.92. The van der Waals surface area contributed by atoms with Gasteiger partial charge in [-0.15, -0.1) is 21.1 Å². The molecule has 0 spiro atoms. The van der Waals surface area contributed by atoms with Gasteiger partial charge in [0, 0.05) is 55.5 Å². The molecule has 2 N–H and O–H groups in total. The SMILES string of the molecule is C[N+]1=C(C=C2C(=S)C(C=C3N(CS(=O)(=O)NS(=O)(=O)c4ccccc4)c4ccc(SOOO)cc4C3(C)C)=C2S)C(C)(C)c2cc(N=C=S)ccc21. The molecule has 3 aromatic rings. The fourth-order valence-electron chi connectivity index (χ4n) is 6.76. The van der Waals surface area contributed by atoms with Crippen molar-refractivity contribution in [1.29, 1.82) is 0 Å². The van der Waals surface area contributed by atoms with Crippen molar-refractivity contribution in [3.63, 3.8) is 0 Å². The average Bonchev–Trinajstić information content (AvgIpc) is 3.41. The van der Waals surface area contributed by atoms with Gasteiger partial charge in [-0.05, 0) is 80.2 Å². The summed E-state index contributed by atoms with van der Waals surface area (Å²) in [5.74, 6) is -0.723. The number of fused-ring (bicyclic) bond motifs is 2. The Hall–Kier alpha value is -3.32. The van der Waals surface area contributed by atoms with Crippen LogP contribution in [-0.4, -0.2) is 55.3 Å². The van der Waals surface area contributed by atoms with Crippen LogP contribution in [0.4, 0.5) is 17.1 Å². The van der Waals surface area contributed by atoms with Gasteiger partial charge in [0.25, 0.3) is 10.0 Å². The minimum absolute atomic E-state index is 0.186. The molecule has 0 atom stereocenters. The first-order chi connectivity index (χ1) is 24.4. The molecule has 3 aliphatic rings. The monoisotopic (exact) mass is 813 g/mol. The van der Waals surface area contributed by atoms with Crippen LogP contribution in [0.5, 0.6) is 0 Å². The number of thiocarbonyl (C=S) groups is 2. The van der Waals surface area contributed by atoms with Crippen LogP contribution >= 0.6 is 49.1 Å². The average molecular weight is 814 g/mol. The number of allylic oxidation sites excluding steroid dienone is 5. The Morgan fingerprint density at radius 3 is 2.38 bits per heavy atom. The van der Waals surface area contributed by atoms with Gasteiger partial charge >= 0.3 is 0 Å². The van der Waals surface area contributed by atoms with E-state index in [1.807, 2.05) is 55.4 Å². The molecule has 52 heavy (non-hydrogen) atoms. The van der Waals surface area contributed by atoms with Gasteiger partial charge in [0.2, 0.25) is 15.7 Å². The molecule has 0 saturated carbocycles. The molecule has 0 aromatic heterocycles. The van der Waals surface area contributed by atoms with Crippen molar-refractivity contribution in [2.24, 2.45) is 4.99 Å². The summed E-state index contributed by atoms with van der Waals surface area (Å²) in [6, 6.07) is 18.3. The number of hydrogen-bond acceptors (Lipinski definition) is 13. The van der Waals surface area contributed by atoms with E-state index in [0.29, 0.717) is 42.9 Å². The molecular weight excluding hydrogens is 781 g/mol. The molecule has 2 heterocycles. The molecule has 0 bridgehead atoms. The number of aliphatic imine (C=N–C) groups is 1. The van der Waals surface area contributed by atoms with E-state index in [9.17, 15) is 16.8 Å². The van der Waals surface area contributed by atoms with Crippen LogP contribution in [0.2, 0.25) is 0 Å². The fraction of sp³-hybridized carbons (Fsp3) is 0.229. The Kier molecular flexibility index (Phi) is 10.5. The van der Waals surface area contributed by atoms with E-state index in [1.54, 1.807) is 29.2 Å². The van der Waals surface area contributed by atoms with E-state index in [0.717, 1.165) is 34.6 Å². The first-order valence-electron chi connectivity index (χ1n) is 15.6. The molecule has 11 nitrogen and oxygen atoms in total. The van der Waals surface area contributed by atoms with Crippen LogP contribution < -0.4 is 9.03 Å². The number of hydrogen-bond donors (Lipinski definition) is 3. The molecule has 17 heteroatoms. The lowest BCUT2D eigenvalue weighted by atomic mass is 9.78. The topological polar surface area (TPSA) is 138 Å². The number of isothiocyanates is 1. The molecule has 0 radical (unpaired) electrons. The summed E-state index contributed by atoms with van der Waals surface area (Å²) in [6.07, 6.45) is 3.83. The highest BCUT2D eigenvalue weighted by Gasteiger charge is 2.46. The summed E-state index contributed by atoms with van der Waals surface area (Å²) in [4.78, 5) is 7.25. The molecule has 0 saturated heterocycles. The lowest BCUT2D eigenvalue weighted by Gasteiger charge is -2.30. The van der Waals surface area contributed by atoms with Crippen LogP contribution in [0.1, 0.15) is 38.8 Å². The number of anilines is 1. The van der Waals surface area contributed by atoms with Crippen molar-refractivity contribution in [1.82, 2.24) is 4.13 Å². The van der Waals surface area contributed by atoms with Gasteiger partial charge in [-0.1, -0.05) is 49.3 Å². The van der Waals surface area contributed by atoms with Gasteiger partial charge in [0.05, 0.1) is 38.1 Å². The first-order valence-corrected chi connectivity index (χ1v) is 20.7. The molecule has 270 valence electrons. The van der Waals surface area contributed by atoms with Crippen molar-refractivity contribution in [2.45, 2.75) is 48.3 Å². The number of nitrogens with zero attached hydrogens (tertiary/aromatic N) is 3. The van der Waals surface area contributed by atoms with Crippen LogP contribution in [0.25, 0.3) is 0 Å². The third-order valence-electron chi connectivity index (χ3n) is 9.37. The summed E-state index contributed by atoms with van der Waals surface area (Å²) in [5, 5.41) is 14.9. The maximum atomic E-state index is 13.6. The minimum atomic E-state index is -4.49. The van der Waals surface area contributed by atoms with E-state index in [-0.39, 0.29) is 4.90 Å². The van der Waals surface area contributed by atoms with E-state index in [4.69, 9.17) is 42.3 Å². The Labute approximate surface area is 323 Å². The van der Waals surface area contributed by atoms with Gasteiger partial charge in [0.15, 0.2) is 5.71 Å². The largest absolute Gasteiger partial charge is 0.328 e. The Balaban J connectivity index is 1.40. The van der Waals surface area contributed by atoms with Crippen molar-refractivity contribution in [3.05, 3.63) is 112 Å². The van der Waals surface area contributed by atoms with Gasteiger partial charge in [-0.25, -0.2) is 22.1 Å². The lowest BCUT2D eigenvalue weighted by molar-refractivity contribution is -0.432. The van der Waals surface area contributed by atoms with Gasteiger partial charge < -0.3 is 4.90 Å². The van der Waals surface area contributed by atoms with Crippen LogP contribution in [-0.2, 0) is 40.2 Å². The quantitative estimate of drug-likeness (QED) is 0.0263.